The molecule has 24 heavy (non-hydrogen) atoms. The SMILES string of the molecule is CC(C)C(=O)N1CCN(C(=O)CCCNC(=O)c2ccco2)CC1. The summed E-state index contributed by atoms with van der Waals surface area (Å²) < 4.78 is 5.00. The van der Waals surface area contributed by atoms with E-state index in [0.717, 1.165) is 0 Å². The Hall–Kier alpha value is -2.31. The molecule has 0 aliphatic carbocycles. The first kappa shape index (κ1) is 18.0. The van der Waals surface area contributed by atoms with Gasteiger partial charge in [-0.3, -0.25) is 14.4 Å². The molecule has 0 unspecified atom stereocenters. The molecular weight excluding hydrogens is 310 g/mol. The van der Waals surface area contributed by atoms with Gasteiger partial charge >= 0.3 is 0 Å². The molecule has 1 fully saturated rings. The first-order valence-corrected chi connectivity index (χ1v) is 8.37. The number of hydrogen-bond donors (Lipinski definition) is 1. The van der Waals surface area contributed by atoms with Crippen molar-refractivity contribution in [2.75, 3.05) is 32.7 Å². The van der Waals surface area contributed by atoms with E-state index in [1.165, 1.54) is 6.26 Å². The van der Waals surface area contributed by atoms with Gasteiger partial charge in [-0.05, 0) is 18.6 Å². The lowest BCUT2D eigenvalue weighted by Crippen LogP contribution is -2.51. The van der Waals surface area contributed by atoms with Gasteiger partial charge in [0.2, 0.25) is 11.8 Å². The number of nitrogens with one attached hydrogen (secondary N) is 1. The molecule has 0 radical (unpaired) electrons. The second kappa shape index (κ2) is 8.52. The van der Waals surface area contributed by atoms with Crippen LogP contribution in [-0.2, 0) is 9.59 Å². The monoisotopic (exact) mass is 335 g/mol. The van der Waals surface area contributed by atoms with Crippen molar-refractivity contribution in [3.63, 3.8) is 0 Å². The van der Waals surface area contributed by atoms with Crippen LogP contribution in [0, 0.1) is 5.92 Å². The Morgan fingerprint density at radius 3 is 2.42 bits per heavy atom. The topological polar surface area (TPSA) is 82.9 Å². The quantitative estimate of drug-likeness (QED) is 0.790. The number of carbonyl (C=O) groups excluding carboxylic acids is 3. The van der Waals surface area contributed by atoms with Crippen LogP contribution in [0.4, 0.5) is 0 Å². The second-order valence-electron chi connectivity index (χ2n) is 6.20. The highest BCUT2D eigenvalue weighted by Gasteiger charge is 2.24. The number of piperazine rings is 1. The zero-order valence-corrected chi connectivity index (χ0v) is 14.3. The van der Waals surface area contributed by atoms with Gasteiger partial charge in [0.15, 0.2) is 5.76 Å². The molecule has 7 nitrogen and oxygen atoms in total. The van der Waals surface area contributed by atoms with E-state index < -0.39 is 0 Å². The summed E-state index contributed by atoms with van der Waals surface area (Å²) in [6.45, 7) is 6.55. The van der Waals surface area contributed by atoms with E-state index in [4.69, 9.17) is 4.42 Å². The standard InChI is InChI=1S/C17H25N3O4/c1-13(2)17(23)20-10-8-19(9-11-20)15(21)6-3-7-18-16(22)14-5-4-12-24-14/h4-5,12-13H,3,6-11H2,1-2H3,(H,18,22). The molecule has 0 saturated carbocycles. The Labute approximate surface area is 142 Å². The lowest BCUT2D eigenvalue weighted by Gasteiger charge is -2.35. The summed E-state index contributed by atoms with van der Waals surface area (Å²) >= 11 is 0. The fourth-order valence-electron chi connectivity index (χ4n) is 2.64. The first-order chi connectivity index (χ1) is 11.5. The Kier molecular flexibility index (Phi) is 6.40. The van der Waals surface area contributed by atoms with E-state index >= 15 is 0 Å². The van der Waals surface area contributed by atoms with Gasteiger partial charge in [0.25, 0.3) is 5.91 Å². The lowest BCUT2D eigenvalue weighted by molar-refractivity contribution is -0.141. The van der Waals surface area contributed by atoms with E-state index in [9.17, 15) is 14.4 Å². The molecule has 1 aromatic heterocycles. The number of amides is 3. The van der Waals surface area contributed by atoms with E-state index in [1.807, 2.05) is 18.7 Å². The van der Waals surface area contributed by atoms with Crippen molar-refractivity contribution in [3.05, 3.63) is 24.2 Å². The molecule has 132 valence electrons. The van der Waals surface area contributed by atoms with E-state index in [2.05, 4.69) is 5.32 Å². The molecule has 3 amide bonds. The summed E-state index contributed by atoms with van der Waals surface area (Å²) in [5, 5.41) is 2.72. The van der Waals surface area contributed by atoms with Crippen molar-refractivity contribution in [2.45, 2.75) is 26.7 Å². The number of furan rings is 1. The molecule has 7 heteroatoms. The molecule has 2 rings (SSSR count). The Bertz CT molecular complexity index is 560. The highest BCUT2D eigenvalue weighted by atomic mass is 16.3. The molecular formula is C17H25N3O4. The van der Waals surface area contributed by atoms with Crippen molar-refractivity contribution in [1.29, 1.82) is 0 Å². The molecule has 0 aromatic carbocycles. The van der Waals surface area contributed by atoms with Gasteiger partial charge in [0, 0.05) is 45.1 Å². The van der Waals surface area contributed by atoms with E-state index in [0.29, 0.717) is 45.6 Å². The second-order valence-corrected chi connectivity index (χ2v) is 6.20. The van der Waals surface area contributed by atoms with Crippen LogP contribution in [-0.4, -0.2) is 60.2 Å². The highest BCUT2D eigenvalue weighted by Crippen LogP contribution is 2.09. The number of rotatable bonds is 6. The summed E-state index contributed by atoms with van der Waals surface area (Å²) in [7, 11) is 0. The predicted octanol–water partition coefficient (Wildman–Crippen LogP) is 1.12. The van der Waals surface area contributed by atoms with Crippen LogP contribution in [0.15, 0.2) is 22.8 Å². The van der Waals surface area contributed by atoms with Crippen molar-refractivity contribution >= 4 is 17.7 Å². The van der Waals surface area contributed by atoms with E-state index in [-0.39, 0.29) is 29.4 Å². The fraction of sp³-hybridized carbons (Fsp3) is 0.588. The average Bonchev–Trinajstić information content (AvgIpc) is 3.12. The Morgan fingerprint density at radius 1 is 1.17 bits per heavy atom. The zero-order chi connectivity index (χ0) is 17.5. The molecule has 1 N–H and O–H groups in total. The third-order valence-corrected chi connectivity index (χ3v) is 4.04. The number of hydrogen-bond acceptors (Lipinski definition) is 4. The summed E-state index contributed by atoms with van der Waals surface area (Å²) in [6.07, 6.45) is 2.41. The molecule has 0 bridgehead atoms. The molecule has 1 saturated heterocycles. The van der Waals surface area contributed by atoms with E-state index in [1.54, 1.807) is 17.0 Å². The minimum absolute atomic E-state index is 0.00924. The van der Waals surface area contributed by atoms with Crippen LogP contribution in [0.1, 0.15) is 37.2 Å². The van der Waals surface area contributed by atoms with Gasteiger partial charge < -0.3 is 19.5 Å². The van der Waals surface area contributed by atoms with Crippen LogP contribution >= 0.6 is 0 Å². The molecule has 2 heterocycles. The predicted molar refractivity (Wildman–Crippen MR) is 88.3 cm³/mol. The minimum Gasteiger partial charge on any atom is -0.459 e. The third-order valence-electron chi connectivity index (χ3n) is 4.04. The van der Waals surface area contributed by atoms with Crippen LogP contribution in [0.5, 0.6) is 0 Å². The van der Waals surface area contributed by atoms with Gasteiger partial charge in [-0.2, -0.15) is 0 Å². The minimum atomic E-state index is -0.270. The maximum absolute atomic E-state index is 12.2. The Morgan fingerprint density at radius 2 is 1.83 bits per heavy atom. The normalized spacial score (nSPS) is 14.8. The summed E-state index contributed by atoms with van der Waals surface area (Å²) in [4.78, 5) is 39.4. The van der Waals surface area contributed by atoms with Gasteiger partial charge in [0.05, 0.1) is 6.26 Å². The fourth-order valence-corrected chi connectivity index (χ4v) is 2.64. The molecule has 0 spiro atoms. The first-order valence-electron chi connectivity index (χ1n) is 8.37. The van der Waals surface area contributed by atoms with Gasteiger partial charge in [-0.1, -0.05) is 13.8 Å². The summed E-state index contributed by atoms with van der Waals surface area (Å²) in [5.74, 6) is 0.201. The summed E-state index contributed by atoms with van der Waals surface area (Å²) in [5.41, 5.74) is 0. The third kappa shape index (κ3) is 4.84. The van der Waals surface area contributed by atoms with Gasteiger partial charge in [-0.15, -0.1) is 0 Å². The van der Waals surface area contributed by atoms with Crippen molar-refractivity contribution in [3.8, 4) is 0 Å². The maximum atomic E-state index is 12.2. The van der Waals surface area contributed by atoms with Crippen LogP contribution in [0.3, 0.4) is 0 Å². The summed E-state index contributed by atoms with van der Waals surface area (Å²) in [6, 6.07) is 3.25. The largest absolute Gasteiger partial charge is 0.459 e. The zero-order valence-electron chi connectivity index (χ0n) is 14.3. The maximum Gasteiger partial charge on any atom is 0.286 e. The number of carbonyl (C=O) groups is 3. The highest BCUT2D eigenvalue weighted by molar-refractivity contribution is 5.91. The average molecular weight is 335 g/mol. The molecule has 1 aliphatic heterocycles. The molecule has 0 atom stereocenters. The van der Waals surface area contributed by atoms with Gasteiger partial charge in [-0.25, -0.2) is 0 Å². The van der Waals surface area contributed by atoms with Crippen molar-refractivity contribution in [2.24, 2.45) is 5.92 Å². The lowest BCUT2D eigenvalue weighted by atomic mass is 10.1. The van der Waals surface area contributed by atoms with Crippen LogP contribution < -0.4 is 5.32 Å². The Balaban J connectivity index is 1.63. The van der Waals surface area contributed by atoms with Gasteiger partial charge in [0.1, 0.15) is 0 Å². The smallest absolute Gasteiger partial charge is 0.286 e. The van der Waals surface area contributed by atoms with Crippen molar-refractivity contribution in [1.82, 2.24) is 15.1 Å². The van der Waals surface area contributed by atoms with Crippen LogP contribution in [0.2, 0.25) is 0 Å². The number of nitrogens with zero attached hydrogens (tertiary/aromatic N) is 2. The van der Waals surface area contributed by atoms with Crippen molar-refractivity contribution < 1.29 is 18.8 Å². The molecule has 1 aliphatic rings. The van der Waals surface area contributed by atoms with Crippen LogP contribution in [0.25, 0.3) is 0 Å². The molecule has 1 aromatic rings.